The quantitative estimate of drug-likeness (QED) is 0.314. The predicted octanol–water partition coefficient (Wildman–Crippen LogP) is -5.74. The molecule has 0 spiro atoms. The van der Waals surface area contributed by atoms with Crippen molar-refractivity contribution in [1.29, 1.82) is 0 Å². The summed E-state index contributed by atoms with van der Waals surface area (Å²) < 4.78 is 19.3. The number of phosphoric ester groups is 1. The van der Waals surface area contributed by atoms with Crippen LogP contribution in [0.5, 0.6) is 5.75 Å². The van der Waals surface area contributed by atoms with Crippen molar-refractivity contribution in [3.05, 3.63) is 30.3 Å². The summed E-state index contributed by atoms with van der Waals surface area (Å²) in [6.07, 6.45) is -1.11. The maximum Gasteiger partial charge on any atom is 1.00 e. The first-order valence-electron chi connectivity index (χ1n) is 3.89. The monoisotopic (exact) mass is 294 g/mol. The molecule has 0 saturated heterocycles. The van der Waals surface area contributed by atoms with Gasteiger partial charge in [0.25, 0.3) is 0 Å². The Morgan fingerprint density at radius 3 is 2.12 bits per heavy atom. The largest absolute Gasteiger partial charge is 1.00 e. The fraction of sp³-hybridized carbons (Fsp3) is 0.250. The second kappa shape index (κ2) is 10.2. The molecule has 8 heteroatoms. The van der Waals surface area contributed by atoms with E-state index in [2.05, 4.69) is 4.52 Å². The fourth-order valence-electron chi connectivity index (χ4n) is 0.894. The van der Waals surface area contributed by atoms with E-state index in [-0.39, 0.29) is 103 Å². The summed E-state index contributed by atoms with van der Waals surface area (Å²) in [7, 11) is -4.98. The maximum atomic E-state index is 10.2. The van der Waals surface area contributed by atoms with Crippen LogP contribution in [0.1, 0.15) is 6.92 Å². The topological polar surface area (TPSA) is 81.7 Å². The molecular weight excluding hydrogens is 285 g/mol. The Balaban J connectivity index is 0. The van der Waals surface area contributed by atoms with Gasteiger partial charge in [-0.1, -0.05) is 18.2 Å². The normalized spacial score (nSPS) is 11.9. The van der Waals surface area contributed by atoms with E-state index in [1.54, 1.807) is 30.3 Å². The Hall–Kier alpha value is 2.40. The van der Waals surface area contributed by atoms with E-state index >= 15 is 0 Å². The Kier molecular flexibility index (Phi) is 13.2. The molecule has 0 amide bonds. The molecule has 1 aromatic carbocycles. The third kappa shape index (κ3) is 10.3. The number of ether oxygens (including phenoxy) is 1. The Bertz CT molecular complexity index is 328. The molecule has 0 aliphatic rings. The molecule has 1 unspecified atom stereocenters. The van der Waals surface area contributed by atoms with Gasteiger partial charge in [0.05, 0.1) is 7.82 Å². The second-order valence-electron chi connectivity index (χ2n) is 2.55. The van der Waals surface area contributed by atoms with E-state index in [1.807, 2.05) is 0 Å². The van der Waals surface area contributed by atoms with Crippen LogP contribution in [-0.4, -0.2) is 6.29 Å². The minimum Gasteiger partial charge on any atom is -0.790 e. The van der Waals surface area contributed by atoms with Gasteiger partial charge in [0, 0.05) is 0 Å². The van der Waals surface area contributed by atoms with Crippen LogP contribution in [0.2, 0.25) is 0 Å². The maximum absolute atomic E-state index is 10.2. The minimum atomic E-state index is -4.98. The zero-order valence-corrected chi connectivity index (χ0v) is 16.6. The van der Waals surface area contributed by atoms with E-state index in [0.717, 1.165) is 0 Å². The van der Waals surface area contributed by atoms with E-state index in [1.165, 1.54) is 6.92 Å². The zero-order chi connectivity index (χ0) is 10.6. The van der Waals surface area contributed by atoms with E-state index in [4.69, 9.17) is 4.74 Å². The summed E-state index contributed by atoms with van der Waals surface area (Å²) in [5, 5.41) is 0. The molecule has 1 atom stereocenters. The molecule has 0 N–H and O–H groups in total. The minimum absolute atomic E-state index is 0. The molecule has 0 aliphatic heterocycles. The van der Waals surface area contributed by atoms with Crippen LogP contribution in [-0.2, 0) is 9.09 Å². The third-order valence-electron chi connectivity index (χ3n) is 1.32. The number of phosphoric acid groups is 1. The Labute approximate surface area is 179 Å². The Morgan fingerprint density at radius 1 is 1.19 bits per heavy atom. The molecule has 0 bridgehead atoms. The predicted molar refractivity (Wildman–Crippen MR) is 45.2 cm³/mol. The van der Waals surface area contributed by atoms with Crippen molar-refractivity contribution in [1.82, 2.24) is 0 Å². The SMILES string of the molecule is CC(Oc1ccccc1)OP(=O)([O-])[O-].[K+].[K+]. The van der Waals surface area contributed by atoms with Crippen LogP contribution in [0.25, 0.3) is 0 Å². The average molecular weight is 294 g/mol. The van der Waals surface area contributed by atoms with Crippen LogP contribution >= 0.6 is 7.82 Å². The van der Waals surface area contributed by atoms with Gasteiger partial charge in [0.1, 0.15) is 5.75 Å². The molecule has 0 heterocycles. The summed E-state index contributed by atoms with van der Waals surface area (Å²) in [6.45, 7) is 1.33. The number of hydrogen-bond donors (Lipinski definition) is 0. The molecule has 1 rings (SSSR count). The van der Waals surface area contributed by atoms with Gasteiger partial charge in [0.2, 0.25) is 6.29 Å². The molecule has 0 saturated carbocycles. The van der Waals surface area contributed by atoms with Crippen molar-refractivity contribution in [2.75, 3.05) is 0 Å². The number of benzene rings is 1. The van der Waals surface area contributed by atoms with Crippen molar-refractivity contribution < 1.29 is 126 Å². The third-order valence-corrected chi connectivity index (χ3v) is 1.88. The standard InChI is InChI=1S/C8H11O5P.2K/c1-7(13-14(9,10)11)12-8-5-3-2-4-6-8;;/h2-7H,1H3,(H2,9,10,11);;/q;2*+1/p-2. The van der Waals surface area contributed by atoms with Crippen LogP contribution in [0.15, 0.2) is 30.3 Å². The van der Waals surface area contributed by atoms with Gasteiger partial charge in [-0.2, -0.15) is 0 Å². The number of para-hydroxylation sites is 1. The fourth-order valence-corrected chi connectivity index (χ4v) is 1.30. The first-order chi connectivity index (χ1) is 6.47. The van der Waals surface area contributed by atoms with Crippen molar-refractivity contribution in [2.24, 2.45) is 0 Å². The smallest absolute Gasteiger partial charge is 0.790 e. The first-order valence-corrected chi connectivity index (χ1v) is 5.35. The van der Waals surface area contributed by atoms with E-state index in [0.29, 0.717) is 5.75 Å². The van der Waals surface area contributed by atoms with Crippen LogP contribution in [0.3, 0.4) is 0 Å². The van der Waals surface area contributed by atoms with Gasteiger partial charge in [-0.3, -0.25) is 0 Å². The molecular formula is C8H9K2O5P. The molecule has 1 aromatic rings. The zero-order valence-electron chi connectivity index (χ0n) is 9.45. The van der Waals surface area contributed by atoms with E-state index in [9.17, 15) is 14.4 Å². The second-order valence-corrected chi connectivity index (χ2v) is 3.66. The molecule has 78 valence electrons. The molecule has 0 aromatic heterocycles. The summed E-state index contributed by atoms with van der Waals surface area (Å²) in [6, 6.07) is 8.47. The average Bonchev–Trinajstić information content (AvgIpc) is 2.02. The Morgan fingerprint density at radius 2 is 1.69 bits per heavy atom. The first kappa shape index (κ1) is 20.7. The number of rotatable bonds is 4. The van der Waals surface area contributed by atoms with Crippen molar-refractivity contribution in [2.45, 2.75) is 13.2 Å². The van der Waals surface area contributed by atoms with E-state index < -0.39 is 14.1 Å². The van der Waals surface area contributed by atoms with Gasteiger partial charge in [-0.05, 0) is 19.1 Å². The van der Waals surface area contributed by atoms with Gasteiger partial charge >= 0.3 is 103 Å². The van der Waals surface area contributed by atoms with Crippen molar-refractivity contribution in [3.63, 3.8) is 0 Å². The van der Waals surface area contributed by atoms with Crippen molar-refractivity contribution >= 4 is 7.82 Å². The van der Waals surface area contributed by atoms with Crippen LogP contribution in [0, 0.1) is 0 Å². The number of hydrogen-bond acceptors (Lipinski definition) is 5. The van der Waals surface area contributed by atoms with Gasteiger partial charge < -0.3 is 23.6 Å². The van der Waals surface area contributed by atoms with Crippen molar-refractivity contribution in [3.8, 4) is 5.75 Å². The summed E-state index contributed by atoms with van der Waals surface area (Å²) in [5.41, 5.74) is 0. The van der Waals surface area contributed by atoms with Gasteiger partial charge in [-0.25, -0.2) is 0 Å². The van der Waals surface area contributed by atoms with Crippen LogP contribution < -0.4 is 117 Å². The summed E-state index contributed by atoms with van der Waals surface area (Å²) in [4.78, 5) is 20.4. The molecule has 0 radical (unpaired) electrons. The molecule has 0 aliphatic carbocycles. The summed E-state index contributed by atoms with van der Waals surface area (Å²) >= 11 is 0. The molecule has 0 fully saturated rings. The van der Waals surface area contributed by atoms with Gasteiger partial charge in [-0.15, -0.1) is 0 Å². The summed E-state index contributed by atoms with van der Waals surface area (Å²) in [5.74, 6) is 0.438. The molecule has 5 nitrogen and oxygen atoms in total. The molecule has 16 heavy (non-hydrogen) atoms. The van der Waals surface area contributed by atoms with Crippen LogP contribution in [0.4, 0.5) is 0 Å². The van der Waals surface area contributed by atoms with Gasteiger partial charge in [0.15, 0.2) is 0 Å².